The Morgan fingerprint density at radius 2 is 1.79 bits per heavy atom. The van der Waals surface area contributed by atoms with Crippen molar-refractivity contribution in [3.8, 4) is 0 Å². The van der Waals surface area contributed by atoms with E-state index in [2.05, 4.69) is 56.0 Å². The Kier molecular flexibility index (Phi) is 6.89. The molecule has 0 atom stereocenters. The minimum absolute atomic E-state index is 0.935. The summed E-state index contributed by atoms with van der Waals surface area (Å²) < 4.78 is 0. The Morgan fingerprint density at radius 1 is 1.08 bits per heavy atom. The predicted octanol–water partition coefficient (Wildman–Crippen LogP) is 5.32. The lowest BCUT2D eigenvalue weighted by atomic mass is 9.97. The van der Waals surface area contributed by atoms with Crippen LogP contribution < -0.4 is 4.90 Å². The van der Waals surface area contributed by atoms with E-state index in [9.17, 15) is 0 Å². The Bertz CT molecular complexity index is 597. The zero-order valence-electron chi connectivity index (χ0n) is 16.1. The Morgan fingerprint density at radius 3 is 2.46 bits per heavy atom. The first kappa shape index (κ1) is 18.6. The van der Waals surface area contributed by atoms with Crippen LogP contribution in [-0.2, 0) is 6.42 Å². The molecule has 0 amide bonds. The molecule has 0 spiro atoms. The van der Waals surface area contributed by atoms with Gasteiger partial charge in [-0.05, 0) is 42.2 Å². The van der Waals surface area contributed by atoms with Gasteiger partial charge in [0.05, 0.1) is 0 Å². The average molecular weight is 328 g/mol. The van der Waals surface area contributed by atoms with Gasteiger partial charge in [0.15, 0.2) is 0 Å². The summed E-state index contributed by atoms with van der Waals surface area (Å²) in [6.45, 7) is 7.74. The molecule has 0 aliphatic carbocycles. The van der Waals surface area contributed by atoms with Crippen molar-refractivity contribution in [3.05, 3.63) is 35.0 Å². The lowest BCUT2D eigenvalue weighted by Gasteiger charge is -2.22. The molecule has 0 unspecified atom stereocenters. The third-order valence-corrected chi connectivity index (χ3v) is 4.99. The summed E-state index contributed by atoms with van der Waals surface area (Å²) in [5, 5.41) is 6.27. The molecule has 0 saturated carbocycles. The van der Waals surface area contributed by atoms with E-state index in [0.29, 0.717) is 0 Å². The van der Waals surface area contributed by atoms with Gasteiger partial charge in [0.25, 0.3) is 0 Å². The van der Waals surface area contributed by atoms with Crippen molar-refractivity contribution in [3.63, 3.8) is 0 Å². The highest BCUT2D eigenvalue weighted by atomic mass is 15.4. The number of unbranched alkanes of at least 4 members (excludes halogenated alkanes) is 3. The molecule has 0 saturated heterocycles. The molecule has 1 aromatic carbocycles. The number of hydrazone groups is 1. The molecule has 132 valence electrons. The first-order valence-corrected chi connectivity index (χ1v) is 9.38. The van der Waals surface area contributed by atoms with E-state index in [1.807, 2.05) is 18.3 Å². The first-order chi connectivity index (χ1) is 11.6. The van der Waals surface area contributed by atoms with Gasteiger partial charge >= 0.3 is 0 Å². The van der Waals surface area contributed by atoms with E-state index >= 15 is 0 Å². The summed E-state index contributed by atoms with van der Waals surface area (Å²) in [6, 6.07) is 6.85. The van der Waals surface area contributed by atoms with E-state index in [4.69, 9.17) is 0 Å². The fraction of sp³-hybridized carbons (Fsp3) is 0.571. The van der Waals surface area contributed by atoms with Gasteiger partial charge in [-0.15, -0.1) is 0 Å². The molecule has 0 N–H and O–H groups in total. The van der Waals surface area contributed by atoms with Crippen molar-refractivity contribution >= 4 is 17.5 Å². The van der Waals surface area contributed by atoms with Crippen LogP contribution in [0.1, 0.15) is 64.0 Å². The van der Waals surface area contributed by atoms with Gasteiger partial charge < -0.3 is 4.90 Å². The number of likely N-dealkylation sites (N-methyl/N-ethyl adjacent to an activating group) is 1. The molecule has 1 aromatic rings. The molecule has 2 aliphatic heterocycles. The molecule has 0 radical (unpaired) electrons. The summed E-state index contributed by atoms with van der Waals surface area (Å²) in [6.07, 6.45) is 9.62. The molecule has 3 heteroatoms. The van der Waals surface area contributed by atoms with Gasteiger partial charge in [0, 0.05) is 44.7 Å². The SMILES string of the molecule is CC1=C(c2ccc3c(c2)CCN3C)CC=NN1C.CCCCCC. The number of rotatable bonds is 4. The van der Waals surface area contributed by atoms with Gasteiger partial charge in [-0.25, -0.2) is 0 Å². The molecular weight excluding hydrogens is 294 g/mol. The fourth-order valence-corrected chi connectivity index (χ4v) is 3.27. The van der Waals surface area contributed by atoms with Gasteiger partial charge in [-0.2, -0.15) is 5.10 Å². The highest BCUT2D eigenvalue weighted by molar-refractivity contribution is 5.83. The number of hydrogen-bond acceptors (Lipinski definition) is 3. The van der Waals surface area contributed by atoms with Crippen LogP contribution in [0.5, 0.6) is 0 Å². The van der Waals surface area contributed by atoms with Gasteiger partial charge in [-0.1, -0.05) is 45.6 Å². The summed E-state index contributed by atoms with van der Waals surface area (Å²) >= 11 is 0. The van der Waals surface area contributed by atoms with Crippen molar-refractivity contribution in [1.82, 2.24) is 5.01 Å². The number of hydrogen-bond donors (Lipinski definition) is 0. The minimum atomic E-state index is 0.935. The normalized spacial score (nSPS) is 16.2. The molecule has 0 bridgehead atoms. The molecule has 2 heterocycles. The van der Waals surface area contributed by atoms with Crippen molar-refractivity contribution in [1.29, 1.82) is 0 Å². The average Bonchev–Trinajstić information content (AvgIpc) is 2.96. The summed E-state index contributed by atoms with van der Waals surface area (Å²) in [5.74, 6) is 0. The molecule has 0 aromatic heterocycles. The fourth-order valence-electron chi connectivity index (χ4n) is 3.27. The summed E-state index contributed by atoms with van der Waals surface area (Å²) in [4.78, 5) is 2.33. The van der Waals surface area contributed by atoms with E-state index in [1.54, 1.807) is 0 Å². The maximum Gasteiger partial charge on any atom is 0.0397 e. The summed E-state index contributed by atoms with van der Waals surface area (Å²) in [5.41, 5.74) is 6.85. The third kappa shape index (κ3) is 4.40. The standard InChI is InChI=1S/C15H19N3.C6H14/c1-11-14(6-8-16-18(11)3)12-4-5-15-13(10-12)7-9-17(15)2;1-3-5-6-4-2/h4-5,8,10H,6-7,9H2,1-3H3;3-6H2,1-2H3. The molecule has 3 nitrogen and oxygen atoms in total. The van der Waals surface area contributed by atoms with Crippen molar-refractivity contribution in [2.75, 3.05) is 25.5 Å². The smallest absolute Gasteiger partial charge is 0.0397 e. The minimum Gasteiger partial charge on any atom is -0.374 e. The maximum absolute atomic E-state index is 4.31. The number of fused-ring (bicyclic) bond motifs is 1. The monoisotopic (exact) mass is 327 g/mol. The highest BCUT2D eigenvalue weighted by Gasteiger charge is 2.18. The molecule has 3 rings (SSSR count). The topological polar surface area (TPSA) is 18.8 Å². The van der Waals surface area contributed by atoms with Crippen LogP contribution in [0.2, 0.25) is 0 Å². The van der Waals surface area contributed by atoms with E-state index in [-0.39, 0.29) is 0 Å². The van der Waals surface area contributed by atoms with Gasteiger partial charge in [-0.3, -0.25) is 5.01 Å². The van der Waals surface area contributed by atoms with Crippen LogP contribution >= 0.6 is 0 Å². The van der Waals surface area contributed by atoms with Gasteiger partial charge in [0.1, 0.15) is 0 Å². The second-order valence-electron chi connectivity index (χ2n) is 6.81. The number of benzene rings is 1. The second kappa shape index (κ2) is 8.91. The highest BCUT2D eigenvalue weighted by Crippen LogP contribution is 2.32. The predicted molar refractivity (Wildman–Crippen MR) is 107 cm³/mol. The van der Waals surface area contributed by atoms with Gasteiger partial charge in [0.2, 0.25) is 0 Å². The molecular formula is C21H33N3. The first-order valence-electron chi connectivity index (χ1n) is 9.38. The van der Waals surface area contributed by atoms with Crippen LogP contribution in [0.3, 0.4) is 0 Å². The Hall–Kier alpha value is -1.77. The van der Waals surface area contributed by atoms with Crippen molar-refractivity contribution in [2.45, 2.75) is 59.3 Å². The third-order valence-electron chi connectivity index (χ3n) is 4.99. The van der Waals surface area contributed by atoms with Crippen LogP contribution in [0.25, 0.3) is 5.57 Å². The van der Waals surface area contributed by atoms with Crippen LogP contribution in [0.15, 0.2) is 29.0 Å². The zero-order chi connectivity index (χ0) is 17.5. The summed E-state index contributed by atoms with van der Waals surface area (Å²) in [7, 11) is 4.17. The number of anilines is 1. The molecule has 24 heavy (non-hydrogen) atoms. The lowest BCUT2D eigenvalue weighted by molar-refractivity contribution is 0.445. The molecule has 0 fully saturated rings. The largest absolute Gasteiger partial charge is 0.374 e. The lowest BCUT2D eigenvalue weighted by Crippen LogP contribution is -2.14. The van der Waals surface area contributed by atoms with E-state index in [0.717, 1.165) is 19.4 Å². The van der Waals surface area contributed by atoms with Crippen LogP contribution in [0, 0.1) is 0 Å². The Labute approximate surface area is 148 Å². The van der Waals surface area contributed by atoms with Crippen molar-refractivity contribution in [2.24, 2.45) is 5.10 Å². The second-order valence-corrected chi connectivity index (χ2v) is 6.81. The van der Waals surface area contributed by atoms with E-state index in [1.165, 1.54) is 53.8 Å². The van der Waals surface area contributed by atoms with E-state index < -0.39 is 0 Å². The molecule has 2 aliphatic rings. The number of nitrogens with zero attached hydrogens (tertiary/aromatic N) is 3. The van der Waals surface area contributed by atoms with Crippen LogP contribution in [-0.4, -0.2) is 31.9 Å². The Balaban J connectivity index is 0.000000301. The van der Waals surface area contributed by atoms with Crippen molar-refractivity contribution < 1.29 is 0 Å². The quantitative estimate of drug-likeness (QED) is 0.697. The maximum atomic E-state index is 4.31. The zero-order valence-corrected chi connectivity index (χ0v) is 16.1. The van der Waals surface area contributed by atoms with Crippen LogP contribution in [0.4, 0.5) is 5.69 Å². The number of allylic oxidation sites excluding steroid dienone is 2.